The fraction of sp³-hybridized carbons (Fsp3) is 0.529. The smallest absolute Gasteiger partial charge is 0.243 e. The van der Waals surface area contributed by atoms with Gasteiger partial charge in [-0.25, -0.2) is 0 Å². The molecule has 5 nitrogen and oxygen atoms in total. The van der Waals surface area contributed by atoms with Crippen LogP contribution in [0.25, 0.3) is 0 Å². The number of ether oxygens (including phenoxy) is 1. The van der Waals surface area contributed by atoms with E-state index in [4.69, 9.17) is 4.74 Å². The van der Waals surface area contributed by atoms with Gasteiger partial charge < -0.3 is 15.4 Å². The number of amides is 2. The van der Waals surface area contributed by atoms with Gasteiger partial charge in [0.2, 0.25) is 11.8 Å². The summed E-state index contributed by atoms with van der Waals surface area (Å²) < 4.78 is 5.28. The Kier molecular flexibility index (Phi) is 5.81. The fourth-order valence-corrected chi connectivity index (χ4v) is 3.05. The maximum atomic E-state index is 12.5. The van der Waals surface area contributed by atoms with Crippen LogP contribution >= 0.6 is 0 Å². The molecule has 0 aromatic heterocycles. The second kappa shape index (κ2) is 7.82. The summed E-state index contributed by atoms with van der Waals surface area (Å²) in [5, 5.41) is 5.73. The second-order valence-corrected chi connectivity index (χ2v) is 5.75. The Bertz CT molecular complexity index is 524. The highest BCUT2D eigenvalue weighted by molar-refractivity contribution is 5.87. The van der Waals surface area contributed by atoms with Gasteiger partial charge in [-0.3, -0.25) is 9.59 Å². The van der Waals surface area contributed by atoms with Crippen LogP contribution in [-0.4, -0.2) is 25.0 Å². The molecule has 0 unspecified atom stereocenters. The maximum Gasteiger partial charge on any atom is 0.243 e. The van der Waals surface area contributed by atoms with Gasteiger partial charge in [-0.2, -0.15) is 0 Å². The third kappa shape index (κ3) is 4.23. The van der Waals surface area contributed by atoms with Crippen molar-refractivity contribution in [3.63, 3.8) is 0 Å². The molecule has 5 heteroatoms. The molecule has 2 N–H and O–H groups in total. The predicted octanol–water partition coefficient (Wildman–Crippen LogP) is 2.01. The number of hydrogen-bond acceptors (Lipinski definition) is 3. The molecular weight excluding hydrogens is 280 g/mol. The minimum atomic E-state index is -0.435. The predicted molar refractivity (Wildman–Crippen MR) is 84.4 cm³/mol. The molecule has 0 heterocycles. The topological polar surface area (TPSA) is 67.4 Å². The van der Waals surface area contributed by atoms with Crippen molar-refractivity contribution >= 4 is 11.8 Å². The Balaban J connectivity index is 1.99. The van der Waals surface area contributed by atoms with E-state index in [1.807, 2.05) is 24.3 Å². The summed E-state index contributed by atoms with van der Waals surface area (Å²) in [5.74, 6) is 0.707. The number of para-hydroxylation sites is 1. The lowest BCUT2D eigenvalue weighted by molar-refractivity contribution is -0.129. The van der Waals surface area contributed by atoms with Crippen LogP contribution in [0.15, 0.2) is 24.3 Å². The lowest BCUT2D eigenvalue weighted by Gasteiger charge is -2.23. The lowest BCUT2D eigenvalue weighted by Crippen LogP contribution is -2.49. The first-order chi connectivity index (χ1) is 10.6. The van der Waals surface area contributed by atoms with Crippen molar-refractivity contribution in [2.24, 2.45) is 5.92 Å². The van der Waals surface area contributed by atoms with E-state index in [1.54, 1.807) is 7.11 Å². The van der Waals surface area contributed by atoms with Crippen LogP contribution in [0.3, 0.4) is 0 Å². The van der Waals surface area contributed by atoms with E-state index < -0.39 is 6.04 Å². The van der Waals surface area contributed by atoms with Crippen molar-refractivity contribution in [3.8, 4) is 5.75 Å². The molecule has 1 aromatic rings. The van der Waals surface area contributed by atoms with Gasteiger partial charge in [-0.1, -0.05) is 31.0 Å². The fourth-order valence-electron chi connectivity index (χ4n) is 3.05. The molecule has 0 aliphatic heterocycles. The number of carbonyl (C=O) groups is 2. The number of carbonyl (C=O) groups excluding carboxylic acids is 2. The van der Waals surface area contributed by atoms with Crippen molar-refractivity contribution in [3.05, 3.63) is 29.8 Å². The van der Waals surface area contributed by atoms with Crippen molar-refractivity contribution in [1.82, 2.24) is 10.6 Å². The molecule has 120 valence electrons. The summed E-state index contributed by atoms with van der Waals surface area (Å²) in [6.07, 6.45) is 4.24. The summed E-state index contributed by atoms with van der Waals surface area (Å²) in [6, 6.07) is 7.15. The van der Waals surface area contributed by atoms with Crippen LogP contribution in [0.4, 0.5) is 0 Å². The highest BCUT2D eigenvalue weighted by Gasteiger charge is 2.31. The van der Waals surface area contributed by atoms with Crippen LogP contribution in [0.2, 0.25) is 0 Å². The monoisotopic (exact) mass is 304 g/mol. The molecule has 0 radical (unpaired) electrons. The van der Waals surface area contributed by atoms with Gasteiger partial charge >= 0.3 is 0 Å². The highest BCUT2D eigenvalue weighted by atomic mass is 16.5. The highest BCUT2D eigenvalue weighted by Crippen LogP contribution is 2.28. The van der Waals surface area contributed by atoms with Gasteiger partial charge in [0.25, 0.3) is 0 Å². The van der Waals surface area contributed by atoms with Crippen LogP contribution in [0.5, 0.6) is 5.75 Å². The van der Waals surface area contributed by atoms with E-state index in [2.05, 4.69) is 10.6 Å². The third-order valence-electron chi connectivity index (χ3n) is 4.16. The zero-order valence-corrected chi connectivity index (χ0v) is 13.2. The Morgan fingerprint density at radius 3 is 2.59 bits per heavy atom. The van der Waals surface area contributed by atoms with Crippen molar-refractivity contribution in [1.29, 1.82) is 0 Å². The van der Waals surface area contributed by atoms with Crippen LogP contribution in [0.1, 0.15) is 38.2 Å². The zero-order chi connectivity index (χ0) is 15.9. The van der Waals surface area contributed by atoms with Crippen molar-refractivity contribution in [2.45, 2.75) is 45.2 Å². The van der Waals surface area contributed by atoms with E-state index in [0.717, 1.165) is 37.0 Å². The van der Waals surface area contributed by atoms with Gasteiger partial charge in [0.05, 0.1) is 7.11 Å². The molecule has 1 aliphatic rings. The summed E-state index contributed by atoms with van der Waals surface area (Å²) >= 11 is 0. The van der Waals surface area contributed by atoms with Gasteiger partial charge in [-0.05, 0) is 24.8 Å². The van der Waals surface area contributed by atoms with Gasteiger partial charge in [0.1, 0.15) is 11.8 Å². The van der Waals surface area contributed by atoms with Crippen LogP contribution in [0, 0.1) is 5.92 Å². The summed E-state index contributed by atoms with van der Waals surface area (Å²) in [7, 11) is 1.61. The SMILES string of the molecule is COc1ccccc1CNC(=O)[C@@H](NC(C)=O)C1CCCC1. The average molecular weight is 304 g/mol. The van der Waals surface area contributed by atoms with Crippen molar-refractivity contribution < 1.29 is 14.3 Å². The Morgan fingerprint density at radius 1 is 1.27 bits per heavy atom. The normalized spacial score (nSPS) is 16.1. The maximum absolute atomic E-state index is 12.5. The minimum absolute atomic E-state index is 0.118. The Hall–Kier alpha value is -2.04. The molecule has 2 amide bonds. The number of rotatable bonds is 6. The molecule has 1 aromatic carbocycles. The molecule has 1 saturated carbocycles. The number of hydrogen-bond donors (Lipinski definition) is 2. The lowest BCUT2D eigenvalue weighted by atomic mass is 9.97. The summed E-state index contributed by atoms with van der Waals surface area (Å²) in [6.45, 7) is 1.85. The first kappa shape index (κ1) is 16.3. The molecule has 0 bridgehead atoms. The van der Waals surface area contributed by atoms with Crippen molar-refractivity contribution in [2.75, 3.05) is 7.11 Å². The number of methoxy groups -OCH3 is 1. The molecule has 2 rings (SSSR count). The van der Waals surface area contributed by atoms with E-state index >= 15 is 0 Å². The molecule has 0 spiro atoms. The number of benzene rings is 1. The average Bonchev–Trinajstić information content (AvgIpc) is 3.04. The first-order valence-electron chi connectivity index (χ1n) is 7.78. The summed E-state index contributed by atoms with van der Waals surface area (Å²) in [4.78, 5) is 23.9. The molecule has 0 saturated heterocycles. The molecule has 1 fully saturated rings. The van der Waals surface area contributed by atoms with E-state index in [9.17, 15) is 9.59 Å². The van der Waals surface area contributed by atoms with Crippen LogP contribution in [-0.2, 0) is 16.1 Å². The zero-order valence-electron chi connectivity index (χ0n) is 13.2. The standard InChI is InChI=1S/C17H24N2O3/c1-12(20)19-16(13-7-3-4-8-13)17(21)18-11-14-9-5-6-10-15(14)22-2/h5-6,9-10,13,16H,3-4,7-8,11H2,1-2H3,(H,18,21)(H,19,20)/t16-/m0/s1. The first-order valence-corrected chi connectivity index (χ1v) is 7.78. The quantitative estimate of drug-likeness (QED) is 0.845. The minimum Gasteiger partial charge on any atom is -0.496 e. The molecule has 1 atom stereocenters. The van der Waals surface area contributed by atoms with E-state index in [-0.39, 0.29) is 17.7 Å². The van der Waals surface area contributed by atoms with Gasteiger partial charge in [0, 0.05) is 19.0 Å². The second-order valence-electron chi connectivity index (χ2n) is 5.75. The van der Waals surface area contributed by atoms with E-state index in [1.165, 1.54) is 6.92 Å². The third-order valence-corrected chi connectivity index (χ3v) is 4.16. The van der Waals surface area contributed by atoms with E-state index in [0.29, 0.717) is 6.54 Å². The van der Waals surface area contributed by atoms with Crippen LogP contribution < -0.4 is 15.4 Å². The molecular formula is C17H24N2O3. The summed E-state index contributed by atoms with van der Waals surface area (Å²) in [5.41, 5.74) is 0.923. The Morgan fingerprint density at radius 2 is 1.95 bits per heavy atom. The van der Waals surface area contributed by atoms with Gasteiger partial charge in [-0.15, -0.1) is 0 Å². The molecule has 1 aliphatic carbocycles. The Labute approximate surface area is 131 Å². The largest absolute Gasteiger partial charge is 0.496 e. The van der Waals surface area contributed by atoms with Gasteiger partial charge in [0.15, 0.2) is 0 Å². The molecule has 22 heavy (non-hydrogen) atoms. The number of nitrogens with one attached hydrogen (secondary N) is 2.